The summed E-state index contributed by atoms with van der Waals surface area (Å²) in [5.41, 5.74) is -0.564. The third kappa shape index (κ3) is 2.75. The van der Waals surface area contributed by atoms with Crippen molar-refractivity contribution in [3.63, 3.8) is 0 Å². The molecule has 8 atom stereocenters. The third-order valence-corrected chi connectivity index (χ3v) is 6.47. The van der Waals surface area contributed by atoms with Gasteiger partial charge in [-0.1, -0.05) is 0 Å². The predicted molar refractivity (Wildman–Crippen MR) is 85.0 cm³/mol. The molecule has 25 heavy (non-hydrogen) atoms. The fraction of sp³-hybridized carbons (Fsp3) is 0.941. The minimum Gasteiger partial charge on any atom is -0.443 e. The minimum absolute atomic E-state index is 0.00121. The summed E-state index contributed by atoms with van der Waals surface area (Å²) in [4.78, 5) is 13.8. The zero-order valence-corrected chi connectivity index (χ0v) is 14.9. The highest BCUT2D eigenvalue weighted by Crippen LogP contribution is 2.58. The number of methoxy groups -OCH3 is 1. The molecule has 4 rings (SSSR count). The fourth-order valence-electron chi connectivity index (χ4n) is 4.69. The maximum absolute atomic E-state index is 12.4. The van der Waals surface area contributed by atoms with Gasteiger partial charge in [0.15, 0.2) is 0 Å². The Hall–Kier alpha value is -0.930. The van der Waals surface area contributed by atoms with Crippen molar-refractivity contribution < 1.29 is 34.0 Å². The van der Waals surface area contributed by atoms with E-state index in [-0.39, 0.29) is 42.4 Å². The molecule has 3 aliphatic heterocycles. The molecular formula is C17H27NO7. The Morgan fingerprint density at radius 3 is 2.36 bits per heavy atom. The lowest BCUT2D eigenvalue weighted by Gasteiger charge is -2.42. The van der Waals surface area contributed by atoms with E-state index in [2.05, 4.69) is 6.92 Å². The monoisotopic (exact) mass is 357 g/mol. The van der Waals surface area contributed by atoms with Crippen LogP contribution in [0, 0.1) is 5.92 Å². The molecule has 3 saturated heterocycles. The van der Waals surface area contributed by atoms with Crippen LogP contribution in [0.15, 0.2) is 0 Å². The Morgan fingerprint density at radius 2 is 1.88 bits per heavy atom. The van der Waals surface area contributed by atoms with Gasteiger partial charge in [0.2, 0.25) is 0 Å². The maximum atomic E-state index is 12.4. The van der Waals surface area contributed by atoms with Crippen LogP contribution in [-0.2, 0) is 18.9 Å². The number of β-amino-alcohol motifs (C(OH)–C–C–N with tert-alkyl or cyclic N) is 2. The molecule has 3 heterocycles. The summed E-state index contributed by atoms with van der Waals surface area (Å²) in [5.74, 6) is 0.00121. The second-order valence-electron chi connectivity index (χ2n) is 7.98. The van der Waals surface area contributed by atoms with E-state index >= 15 is 0 Å². The molecule has 1 unspecified atom stereocenters. The van der Waals surface area contributed by atoms with E-state index in [0.29, 0.717) is 13.0 Å². The summed E-state index contributed by atoms with van der Waals surface area (Å²) >= 11 is 0. The molecule has 4 fully saturated rings. The van der Waals surface area contributed by atoms with Crippen LogP contribution < -0.4 is 0 Å². The third-order valence-electron chi connectivity index (χ3n) is 6.47. The molecule has 1 amide bonds. The first kappa shape index (κ1) is 17.5. The lowest BCUT2D eigenvalue weighted by molar-refractivity contribution is -0.121. The summed E-state index contributed by atoms with van der Waals surface area (Å²) in [6, 6.07) is 0. The molecule has 8 nitrogen and oxygen atoms in total. The first-order valence-electron chi connectivity index (χ1n) is 8.97. The zero-order chi connectivity index (χ0) is 18.0. The van der Waals surface area contributed by atoms with Crippen LogP contribution in [0.2, 0.25) is 0 Å². The number of nitrogens with zero attached hydrogens (tertiary/aromatic N) is 1. The summed E-state index contributed by atoms with van der Waals surface area (Å²) in [7, 11) is 1.62. The van der Waals surface area contributed by atoms with E-state index in [4.69, 9.17) is 18.9 Å². The number of aliphatic hydroxyl groups is 2. The standard InChI is InChI=1S/C17H27NO7/c1-9-16(2,25-9)14-13(22-3)12(4-5-17(14)8-23-17)24-15(21)18-6-10(19)11(20)7-18/h9-14,19-20H,4-8H2,1-3H3/t9-,10+,11+,12-,13-,14?,16+,17+/m1/s1. The second kappa shape index (κ2) is 5.79. The molecule has 8 heteroatoms. The van der Waals surface area contributed by atoms with Crippen molar-refractivity contribution in [2.24, 2.45) is 5.92 Å². The Bertz CT molecular complexity index is 541. The van der Waals surface area contributed by atoms with Crippen molar-refractivity contribution in [3.8, 4) is 0 Å². The van der Waals surface area contributed by atoms with E-state index in [1.54, 1.807) is 7.11 Å². The van der Waals surface area contributed by atoms with E-state index in [1.807, 2.05) is 6.92 Å². The number of aliphatic hydroxyl groups excluding tert-OH is 2. The predicted octanol–water partition coefficient (Wildman–Crippen LogP) is -0.0996. The van der Waals surface area contributed by atoms with Gasteiger partial charge >= 0.3 is 6.09 Å². The van der Waals surface area contributed by atoms with Gasteiger partial charge in [-0.05, 0) is 26.7 Å². The largest absolute Gasteiger partial charge is 0.443 e. The van der Waals surface area contributed by atoms with Crippen LogP contribution in [0.25, 0.3) is 0 Å². The van der Waals surface area contributed by atoms with Gasteiger partial charge in [-0.15, -0.1) is 0 Å². The number of hydrogen-bond acceptors (Lipinski definition) is 7. The van der Waals surface area contributed by atoms with Crippen LogP contribution in [0.1, 0.15) is 26.7 Å². The number of ether oxygens (including phenoxy) is 4. The van der Waals surface area contributed by atoms with E-state index in [1.165, 1.54) is 4.90 Å². The van der Waals surface area contributed by atoms with Gasteiger partial charge < -0.3 is 34.1 Å². The van der Waals surface area contributed by atoms with Crippen molar-refractivity contribution in [3.05, 3.63) is 0 Å². The first-order chi connectivity index (χ1) is 11.8. The number of likely N-dealkylation sites (tertiary alicyclic amines) is 1. The number of epoxide rings is 2. The summed E-state index contributed by atoms with van der Waals surface area (Å²) < 4.78 is 23.1. The van der Waals surface area contributed by atoms with Crippen LogP contribution in [0.5, 0.6) is 0 Å². The smallest absolute Gasteiger partial charge is 0.410 e. The summed E-state index contributed by atoms with van der Waals surface area (Å²) in [6.45, 7) is 4.95. The lowest BCUT2D eigenvalue weighted by Crippen LogP contribution is -2.56. The second-order valence-corrected chi connectivity index (χ2v) is 7.98. The molecule has 0 aromatic carbocycles. The van der Waals surface area contributed by atoms with Gasteiger partial charge in [-0.3, -0.25) is 0 Å². The molecule has 0 radical (unpaired) electrons. The van der Waals surface area contributed by atoms with Crippen LogP contribution in [-0.4, -0.2) is 89.7 Å². The normalized spacial score (nSPS) is 51.6. The van der Waals surface area contributed by atoms with Gasteiger partial charge in [0.25, 0.3) is 0 Å². The van der Waals surface area contributed by atoms with Crippen LogP contribution >= 0.6 is 0 Å². The number of amides is 1. The van der Waals surface area contributed by atoms with E-state index < -0.39 is 24.4 Å². The highest BCUT2D eigenvalue weighted by molar-refractivity contribution is 5.68. The van der Waals surface area contributed by atoms with Gasteiger partial charge in [-0.25, -0.2) is 4.79 Å². The number of hydrogen-bond donors (Lipinski definition) is 2. The highest BCUT2D eigenvalue weighted by Gasteiger charge is 2.71. The van der Waals surface area contributed by atoms with E-state index in [9.17, 15) is 15.0 Å². The number of carbonyl (C=O) groups excluding carboxylic acids is 1. The molecule has 0 aromatic heterocycles. The molecule has 1 saturated carbocycles. The average molecular weight is 357 g/mol. The Morgan fingerprint density at radius 1 is 1.28 bits per heavy atom. The summed E-state index contributed by atoms with van der Waals surface area (Å²) in [5, 5.41) is 19.3. The highest BCUT2D eigenvalue weighted by atomic mass is 16.6. The Kier molecular flexibility index (Phi) is 4.05. The SMILES string of the molecule is CO[C@H]1C([C@@]2(C)O[C@@H]2C)[C@]2(CC[C@H]1OC(=O)N1C[C@H](O)[C@@H](O)C1)CO2. The molecule has 0 aromatic rings. The van der Waals surface area contributed by atoms with Crippen molar-refractivity contribution in [2.45, 2.75) is 68.4 Å². The molecule has 142 valence electrons. The first-order valence-corrected chi connectivity index (χ1v) is 8.97. The van der Waals surface area contributed by atoms with Crippen LogP contribution in [0.4, 0.5) is 4.79 Å². The topological polar surface area (TPSA) is 104 Å². The zero-order valence-electron chi connectivity index (χ0n) is 14.9. The van der Waals surface area contributed by atoms with Crippen molar-refractivity contribution in [1.29, 1.82) is 0 Å². The molecular weight excluding hydrogens is 330 g/mol. The number of carbonyl (C=O) groups is 1. The fourth-order valence-corrected chi connectivity index (χ4v) is 4.69. The van der Waals surface area contributed by atoms with Gasteiger partial charge in [0.05, 0.1) is 49.5 Å². The molecule has 0 bridgehead atoms. The van der Waals surface area contributed by atoms with Crippen molar-refractivity contribution >= 4 is 6.09 Å². The molecule has 2 N–H and O–H groups in total. The molecule has 1 aliphatic carbocycles. The summed E-state index contributed by atoms with van der Waals surface area (Å²) in [6.07, 6.45) is -1.51. The van der Waals surface area contributed by atoms with Crippen molar-refractivity contribution in [2.75, 3.05) is 26.8 Å². The Balaban J connectivity index is 1.48. The molecule has 1 spiro atoms. The molecule has 4 aliphatic rings. The lowest BCUT2D eigenvalue weighted by atomic mass is 9.68. The van der Waals surface area contributed by atoms with Crippen LogP contribution in [0.3, 0.4) is 0 Å². The Labute approximate surface area is 147 Å². The average Bonchev–Trinajstić information content (AvgIpc) is 3.43. The maximum Gasteiger partial charge on any atom is 0.410 e. The van der Waals surface area contributed by atoms with Gasteiger partial charge in [0, 0.05) is 7.11 Å². The van der Waals surface area contributed by atoms with E-state index in [0.717, 1.165) is 6.42 Å². The number of rotatable bonds is 3. The quantitative estimate of drug-likeness (QED) is 0.680. The van der Waals surface area contributed by atoms with Gasteiger partial charge in [-0.2, -0.15) is 0 Å². The van der Waals surface area contributed by atoms with Gasteiger partial charge in [0.1, 0.15) is 17.8 Å². The van der Waals surface area contributed by atoms with Crippen molar-refractivity contribution in [1.82, 2.24) is 4.90 Å². The minimum atomic E-state index is -0.923.